The summed E-state index contributed by atoms with van der Waals surface area (Å²) >= 11 is 1.81. The first-order valence-corrected chi connectivity index (χ1v) is 11.9. The highest BCUT2D eigenvalue weighted by molar-refractivity contribution is 7.10. The molecule has 0 amide bonds. The highest BCUT2D eigenvalue weighted by Crippen LogP contribution is 2.33. The lowest BCUT2D eigenvalue weighted by Crippen LogP contribution is -2.34. The number of halogens is 1. The molecule has 3 aromatic rings. The van der Waals surface area contributed by atoms with Crippen LogP contribution in [0.25, 0.3) is 0 Å². The highest BCUT2D eigenvalue weighted by atomic mass is 32.1. The van der Waals surface area contributed by atoms with E-state index in [4.69, 9.17) is 14.7 Å². The molecule has 1 saturated heterocycles. The Labute approximate surface area is 186 Å². The van der Waals surface area contributed by atoms with E-state index in [1.807, 2.05) is 11.3 Å². The van der Waals surface area contributed by atoms with E-state index in [1.54, 1.807) is 12.1 Å². The minimum Gasteiger partial charge on any atom is -0.438 e. The van der Waals surface area contributed by atoms with Gasteiger partial charge in [-0.3, -0.25) is 4.90 Å². The van der Waals surface area contributed by atoms with Gasteiger partial charge in [0.05, 0.1) is 11.3 Å². The molecular formula is C24H27FN4OS. The molecule has 0 atom stereocenters. The van der Waals surface area contributed by atoms with Crippen LogP contribution in [0.15, 0.2) is 35.7 Å². The van der Waals surface area contributed by atoms with Crippen LogP contribution < -0.4 is 9.64 Å². The number of nitrogens with zero attached hydrogens (tertiary/aromatic N) is 4. The molecule has 0 unspecified atom stereocenters. The second-order valence-corrected chi connectivity index (χ2v) is 9.35. The molecule has 2 aliphatic rings. The maximum Gasteiger partial charge on any atom is 0.228 e. The topological polar surface area (TPSA) is 41.5 Å². The number of aromatic nitrogens is 2. The van der Waals surface area contributed by atoms with Crippen LogP contribution in [0.3, 0.4) is 0 Å². The summed E-state index contributed by atoms with van der Waals surface area (Å²) in [4.78, 5) is 15.9. The predicted octanol–water partition coefficient (Wildman–Crippen LogP) is 5.33. The molecule has 31 heavy (non-hydrogen) atoms. The van der Waals surface area contributed by atoms with E-state index in [0.29, 0.717) is 11.6 Å². The molecule has 0 radical (unpaired) electrons. The van der Waals surface area contributed by atoms with Gasteiger partial charge in [0.1, 0.15) is 11.6 Å². The van der Waals surface area contributed by atoms with E-state index in [2.05, 4.69) is 28.2 Å². The number of hydrogen-bond acceptors (Lipinski definition) is 6. The molecule has 5 rings (SSSR count). The average Bonchev–Trinajstić information content (AvgIpc) is 3.20. The summed E-state index contributed by atoms with van der Waals surface area (Å²) in [7, 11) is 0. The minimum atomic E-state index is -0.274. The molecule has 0 bridgehead atoms. The summed E-state index contributed by atoms with van der Waals surface area (Å²) in [6.45, 7) is 6.78. The van der Waals surface area contributed by atoms with Crippen LogP contribution in [0.1, 0.15) is 41.0 Å². The molecule has 1 aromatic carbocycles. The fraction of sp³-hybridized carbons (Fsp3) is 0.417. The fourth-order valence-electron chi connectivity index (χ4n) is 4.27. The van der Waals surface area contributed by atoms with E-state index in [-0.39, 0.29) is 5.82 Å². The van der Waals surface area contributed by atoms with Gasteiger partial charge in [0, 0.05) is 44.0 Å². The van der Waals surface area contributed by atoms with Crippen molar-refractivity contribution in [2.75, 3.05) is 24.5 Å². The van der Waals surface area contributed by atoms with Gasteiger partial charge >= 0.3 is 0 Å². The lowest BCUT2D eigenvalue weighted by molar-refractivity contribution is 0.240. The third-order valence-electron chi connectivity index (χ3n) is 6.09. The van der Waals surface area contributed by atoms with Crippen molar-refractivity contribution in [3.05, 3.63) is 63.2 Å². The van der Waals surface area contributed by atoms with Gasteiger partial charge in [-0.05, 0) is 67.5 Å². The number of anilines is 1. The molecule has 0 N–H and O–H groups in total. The van der Waals surface area contributed by atoms with Crippen LogP contribution in [-0.2, 0) is 19.5 Å². The van der Waals surface area contributed by atoms with E-state index in [0.717, 1.165) is 56.4 Å². The van der Waals surface area contributed by atoms with Crippen molar-refractivity contribution in [1.82, 2.24) is 14.9 Å². The third kappa shape index (κ3) is 4.57. The number of thiophene rings is 1. The Morgan fingerprint density at radius 1 is 1.03 bits per heavy atom. The van der Waals surface area contributed by atoms with Gasteiger partial charge in [0.2, 0.25) is 11.8 Å². The number of benzene rings is 1. The maximum atomic E-state index is 13.4. The first-order chi connectivity index (χ1) is 15.2. The zero-order valence-corrected chi connectivity index (χ0v) is 18.6. The molecular weight excluding hydrogens is 411 g/mol. The van der Waals surface area contributed by atoms with Crippen LogP contribution in [0, 0.1) is 12.7 Å². The van der Waals surface area contributed by atoms with E-state index >= 15 is 0 Å². The van der Waals surface area contributed by atoms with Crippen LogP contribution in [0.4, 0.5) is 10.3 Å². The van der Waals surface area contributed by atoms with Crippen molar-refractivity contribution < 1.29 is 9.13 Å². The summed E-state index contributed by atoms with van der Waals surface area (Å²) in [6.07, 6.45) is 4.48. The van der Waals surface area contributed by atoms with Gasteiger partial charge in [-0.15, -0.1) is 11.3 Å². The van der Waals surface area contributed by atoms with E-state index < -0.39 is 0 Å². The Bertz CT molecular complexity index is 1050. The molecule has 2 aromatic heterocycles. The fourth-order valence-corrected chi connectivity index (χ4v) is 5.21. The summed E-state index contributed by atoms with van der Waals surface area (Å²) < 4.78 is 19.6. The van der Waals surface area contributed by atoms with Crippen molar-refractivity contribution in [3.8, 4) is 11.6 Å². The minimum absolute atomic E-state index is 0.274. The smallest absolute Gasteiger partial charge is 0.228 e. The monoisotopic (exact) mass is 438 g/mol. The molecule has 7 heteroatoms. The molecule has 1 fully saturated rings. The zero-order valence-electron chi connectivity index (χ0n) is 17.8. The summed E-state index contributed by atoms with van der Waals surface area (Å²) in [5, 5.41) is 2.15. The molecule has 0 spiro atoms. The van der Waals surface area contributed by atoms with Crippen molar-refractivity contribution in [3.63, 3.8) is 0 Å². The molecule has 0 aliphatic carbocycles. The van der Waals surface area contributed by atoms with E-state index in [9.17, 15) is 4.39 Å². The second-order valence-electron chi connectivity index (χ2n) is 8.35. The number of hydrogen-bond donors (Lipinski definition) is 0. The van der Waals surface area contributed by atoms with Gasteiger partial charge in [-0.2, -0.15) is 4.98 Å². The predicted molar refractivity (Wildman–Crippen MR) is 121 cm³/mol. The first-order valence-electron chi connectivity index (χ1n) is 11.0. The molecule has 2 aliphatic heterocycles. The third-order valence-corrected chi connectivity index (χ3v) is 7.10. The Balaban J connectivity index is 1.46. The maximum absolute atomic E-state index is 13.4. The Morgan fingerprint density at radius 2 is 1.84 bits per heavy atom. The lowest BCUT2D eigenvalue weighted by Gasteiger charge is -2.31. The second kappa shape index (κ2) is 8.93. The van der Waals surface area contributed by atoms with Crippen molar-refractivity contribution in [1.29, 1.82) is 0 Å². The summed E-state index contributed by atoms with van der Waals surface area (Å²) in [5.41, 5.74) is 3.47. The Morgan fingerprint density at radius 3 is 2.58 bits per heavy atom. The van der Waals surface area contributed by atoms with Crippen molar-refractivity contribution in [2.45, 2.75) is 45.7 Å². The van der Waals surface area contributed by atoms with Gasteiger partial charge < -0.3 is 9.64 Å². The number of fused-ring (bicyclic) bond motifs is 1. The van der Waals surface area contributed by atoms with Gasteiger partial charge in [0.25, 0.3) is 0 Å². The first kappa shape index (κ1) is 20.4. The number of ether oxygens (including phenoxy) is 1. The lowest BCUT2D eigenvalue weighted by atomic mass is 10.1. The Kier molecular flexibility index (Phi) is 5.87. The van der Waals surface area contributed by atoms with Gasteiger partial charge in [0.15, 0.2) is 0 Å². The summed E-state index contributed by atoms with van der Waals surface area (Å²) in [5.74, 6) is 1.68. The van der Waals surface area contributed by atoms with Crippen LogP contribution in [0.5, 0.6) is 11.6 Å². The standard InChI is InChI=1S/C24H27FN4OS/c1-17-10-14-31-22(17)16-28-13-9-21-20(15-28)23(30-19-7-5-18(25)6-8-19)27-24(26-21)29-11-3-2-4-12-29/h5-8,10,14H,2-4,9,11-13,15-16H2,1H3. The van der Waals surface area contributed by atoms with Crippen molar-refractivity contribution in [2.24, 2.45) is 0 Å². The van der Waals surface area contributed by atoms with Crippen LogP contribution in [0.2, 0.25) is 0 Å². The van der Waals surface area contributed by atoms with E-state index in [1.165, 1.54) is 41.8 Å². The number of rotatable bonds is 5. The molecule has 162 valence electrons. The molecule has 5 nitrogen and oxygen atoms in total. The zero-order chi connectivity index (χ0) is 21.2. The van der Waals surface area contributed by atoms with Crippen molar-refractivity contribution >= 4 is 17.3 Å². The quantitative estimate of drug-likeness (QED) is 0.539. The summed E-state index contributed by atoms with van der Waals surface area (Å²) in [6, 6.07) is 8.32. The Hall–Kier alpha value is -2.51. The largest absolute Gasteiger partial charge is 0.438 e. The number of aryl methyl sites for hydroxylation is 1. The van der Waals surface area contributed by atoms with Crippen LogP contribution >= 0.6 is 11.3 Å². The van der Waals surface area contributed by atoms with Gasteiger partial charge in [-0.1, -0.05) is 0 Å². The normalized spacial score (nSPS) is 16.9. The van der Waals surface area contributed by atoms with Crippen LogP contribution in [-0.4, -0.2) is 34.5 Å². The average molecular weight is 439 g/mol. The molecule has 4 heterocycles. The highest BCUT2D eigenvalue weighted by Gasteiger charge is 2.26. The molecule has 0 saturated carbocycles. The SMILES string of the molecule is Cc1ccsc1CN1CCc2nc(N3CCCCC3)nc(Oc3ccc(F)cc3)c2C1. The number of piperidine rings is 1. The van der Waals surface area contributed by atoms with Gasteiger partial charge in [-0.25, -0.2) is 9.37 Å².